The molecule has 0 radical (unpaired) electrons. The molecule has 4 heteroatoms. The molecule has 3 unspecified atom stereocenters. The van der Waals surface area contributed by atoms with Crippen molar-refractivity contribution in [3.8, 4) is 0 Å². The van der Waals surface area contributed by atoms with Gasteiger partial charge in [0.05, 0.1) is 23.9 Å². The Morgan fingerprint density at radius 1 is 1.27 bits per heavy atom. The minimum absolute atomic E-state index is 0.00161. The maximum Gasteiger partial charge on any atom is 0.0938 e. The Morgan fingerprint density at radius 2 is 1.87 bits per heavy atom. The van der Waals surface area contributed by atoms with Crippen LogP contribution in [-0.2, 0) is 4.74 Å². The second-order valence-corrected chi connectivity index (χ2v) is 5.39. The quantitative estimate of drug-likeness (QED) is 0.680. The molecule has 4 nitrogen and oxygen atoms in total. The minimum Gasteiger partial charge on any atom is -0.389 e. The van der Waals surface area contributed by atoms with E-state index in [1.807, 2.05) is 0 Å². The predicted molar refractivity (Wildman–Crippen MR) is 56.6 cm³/mol. The Balaban J connectivity index is 1.79. The van der Waals surface area contributed by atoms with Crippen molar-refractivity contribution in [2.24, 2.45) is 0 Å². The van der Waals surface area contributed by atoms with Crippen molar-refractivity contribution < 1.29 is 14.9 Å². The van der Waals surface area contributed by atoms with E-state index in [2.05, 4.69) is 18.7 Å². The zero-order chi connectivity index (χ0) is 11.1. The van der Waals surface area contributed by atoms with Crippen molar-refractivity contribution in [1.29, 1.82) is 0 Å². The third-order valence-electron chi connectivity index (χ3n) is 3.35. The van der Waals surface area contributed by atoms with E-state index in [0.29, 0.717) is 13.1 Å². The molecule has 88 valence electrons. The largest absolute Gasteiger partial charge is 0.389 e. The van der Waals surface area contributed by atoms with Gasteiger partial charge in [-0.15, -0.1) is 0 Å². The van der Waals surface area contributed by atoms with Crippen molar-refractivity contribution in [3.05, 3.63) is 0 Å². The summed E-state index contributed by atoms with van der Waals surface area (Å²) in [5.41, 5.74) is 0.00161. The standard InChI is InChI=1S/C11H21NO3/c1-11(2)4-3-8(15-11)5-12-6-9(13)10(14)7-12/h8-10,13-14H,3-7H2,1-2H3. The number of hydrogen-bond donors (Lipinski definition) is 2. The van der Waals surface area contributed by atoms with Gasteiger partial charge in [0, 0.05) is 19.6 Å². The monoisotopic (exact) mass is 215 g/mol. The van der Waals surface area contributed by atoms with Crippen LogP contribution in [0.3, 0.4) is 0 Å². The first-order chi connectivity index (χ1) is 6.96. The van der Waals surface area contributed by atoms with Crippen LogP contribution >= 0.6 is 0 Å². The predicted octanol–water partition coefficient (Wildman–Crippen LogP) is -0.0186. The van der Waals surface area contributed by atoms with Gasteiger partial charge >= 0.3 is 0 Å². The van der Waals surface area contributed by atoms with Gasteiger partial charge in [-0.2, -0.15) is 0 Å². The van der Waals surface area contributed by atoms with Gasteiger partial charge in [0.2, 0.25) is 0 Å². The molecule has 2 rings (SSSR count). The highest BCUT2D eigenvalue weighted by atomic mass is 16.5. The van der Waals surface area contributed by atoms with Crippen LogP contribution in [0.4, 0.5) is 0 Å². The van der Waals surface area contributed by atoms with Crippen LogP contribution < -0.4 is 0 Å². The topological polar surface area (TPSA) is 52.9 Å². The molecule has 0 aliphatic carbocycles. The van der Waals surface area contributed by atoms with Crippen molar-refractivity contribution in [3.63, 3.8) is 0 Å². The molecule has 0 aromatic carbocycles. The molecule has 0 amide bonds. The van der Waals surface area contributed by atoms with Crippen molar-refractivity contribution in [1.82, 2.24) is 4.90 Å². The zero-order valence-corrected chi connectivity index (χ0v) is 9.52. The van der Waals surface area contributed by atoms with Gasteiger partial charge in [0.15, 0.2) is 0 Å². The summed E-state index contributed by atoms with van der Waals surface area (Å²) in [7, 11) is 0. The highest BCUT2D eigenvalue weighted by Crippen LogP contribution is 2.30. The first kappa shape index (κ1) is 11.3. The smallest absolute Gasteiger partial charge is 0.0938 e. The van der Waals surface area contributed by atoms with E-state index < -0.39 is 12.2 Å². The fourth-order valence-electron chi connectivity index (χ4n) is 2.49. The number of aliphatic hydroxyl groups excluding tert-OH is 2. The third-order valence-corrected chi connectivity index (χ3v) is 3.35. The van der Waals surface area contributed by atoms with Gasteiger partial charge in [0.1, 0.15) is 0 Å². The number of hydrogen-bond acceptors (Lipinski definition) is 4. The van der Waals surface area contributed by atoms with E-state index in [-0.39, 0.29) is 11.7 Å². The summed E-state index contributed by atoms with van der Waals surface area (Å²) in [5, 5.41) is 18.8. The number of nitrogens with zero attached hydrogens (tertiary/aromatic N) is 1. The number of aliphatic hydroxyl groups is 2. The lowest BCUT2D eigenvalue weighted by Gasteiger charge is -2.23. The fourth-order valence-corrected chi connectivity index (χ4v) is 2.49. The molecule has 2 fully saturated rings. The Morgan fingerprint density at radius 3 is 2.33 bits per heavy atom. The highest BCUT2D eigenvalue weighted by Gasteiger charge is 2.36. The van der Waals surface area contributed by atoms with E-state index in [1.165, 1.54) is 0 Å². The molecule has 3 atom stereocenters. The maximum absolute atomic E-state index is 9.41. The molecule has 2 heterocycles. The minimum atomic E-state index is -0.584. The fraction of sp³-hybridized carbons (Fsp3) is 1.00. The lowest BCUT2D eigenvalue weighted by Crippen LogP contribution is -2.33. The maximum atomic E-state index is 9.41. The van der Waals surface area contributed by atoms with E-state index in [1.54, 1.807) is 0 Å². The molecule has 0 aromatic heterocycles. The Kier molecular flexibility index (Phi) is 3.03. The SMILES string of the molecule is CC1(C)CCC(CN2CC(O)C(O)C2)O1. The van der Waals surface area contributed by atoms with Crippen LogP contribution in [0.15, 0.2) is 0 Å². The summed E-state index contributed by atoms with van der Waals surface area (Å²) in [6, 6.07) is 0. The summed E-state index contributed by atoms with van der Waals surface area (Å²) >= 11 is 0. The summed E-state index contributed by atoms with van der Waals surface area (Å²) < 4.78 is 5.88. The van der Waals surface area contributed by atoms with Gasteiger partial charge in [-0.3, -0.25) is 4.90 Å². The molecule has 0 aromatic rings. The Bertz CT molecular complexity index is 222. The van der Waals surface area contributed by atoms with Crippen molar-refractivity contribution in [2.75, 3.05) is 19.6 Å². The second-order valence-electron chi connectivity index (χ2n) is 5.39. The van der Waals surface area contributed by atoms with E-state index in [9.17, 15) is 10.2 Å². The summed E-state index contributed by atoms with van der Waals surface area (Å²) in [6.07, 6.45) is 1.27. The summed E-state index contributed by atoms with van der Waals surface area (Å²) in [5.74, 6) is 0. The van der Waals surface area contributed by atoms with Crippen LogP contribution in [0.5, 0.6) is 0 Å². The molecule has 2 N–H and O–H groups in total. The van der Waals surface area contributed by atoms with Gasteiger partial charge in [-0.1, -0.05) is 0 Å². The van der Waals surface area contributed by atoms with E-state index in [4.69, 9.17) is 4.74 Å². The number of ether oxygens (including phenoxy) is 1. The molecule has 15 heavy (non-hydrogen) atoms. The van der Waals surface area contributed by atoms with Crippen molar-refractivity contribution in [2.45, 2.75) is 50.6 Å². The van der Waals surface area contributed by atoms with Crippen LogP contribution in [-0.4, -0.2) is 58.7 Å². The number of rotatable bonds is 2. The van der Waals surface area contributed by atoms with E-state index >= 15 is 0 Å². The van der Waals surface area contributed by atoms with Crippen molar-refractivity contribution >= 4 is 0 Å². The second kappa shape index (κ2) is 4.01. The first-order valence-corrected chi connectivity index (χ1v) is 5.72. The van der Waals surface area contributed by atoms with Crippen LogP contribution in [0, 0.1) is 0 Å². The molecule has 2 saturated heterocycles. The van der Waals surface area contributed by atoms with Gasteiger partial charge in [-0.05, 0) is 26.7 Å². The molecule has 2 aliphatic rings. The Hall–Kier alpha value is -0.160. The molecule has 0 bridgehead atoms. The van der Waals surface area contributed by atoms with Gasteiger partial charge in [0.25, 0.3) is 0 Å². The average Bonchev–Trinajstić information content (AvgIpc) is 2.58. The van der Waals surface area contributed by atoms with Crippen LogP contribution in [0.1, 0.15) is 26.7 Å². The van der Waals surface area contributed by atoms with Crippen LogP contribution in [0.25, 0.3) is 0 Å². The molecule has 0 saturated carbocycles. The third kappa shape index (κ3) is 2.69. The lowest BCUT2D eigenvalue weighted by molar-refractivity contribution is -0.0274. The number of likely N-dealkylation sites (tertiary alicyclic amines) is 1. The summed E-state index contributed by atoms with van der Waals surface area (Å²) in [6.45, 7) is 6.20. The molecular weight excluding hydrogens is 194 g/mol. The van der Waals surface area contributed by atoms with Gasteiger partial charge in [-0.25, -0.2) is 0 Å². The molecule has 0 spiro atoms. The Labute approximate surface area is 90.8 Å². The van der Waals surface area contributed by atoms with Crippen LogP contribution in [0.2, 0.25) is 0 Å². The van der Waals surface area contributed by atoms with E-state index in [0.717, 1.165) is 19.4 Å². The normalized spacial score (nSPS) is 41.2. The molecular formula is C11H21NO3. The number of β-amino-alcohol motifs (C(OH)–C–C–N with tert-alkyl or cyclic N) is 2. The summed E-state index contributed by atoms with van der Waals surface area (Å²) in [4.78, 5) is 2.08. The molecule has 2 aliphatic heterocycles. The highest BCUT2D eigenvalue weighted by molar-refractivity contribution is 4.88. The van der Waals surface area contributed by atoms with Gasteiger partial charge < -0.3 is 14.9 Å². The average molecular weight is 215 g/mol. The zero-order valence-electron chi connectivity index (χ0n) is 9.52. The lowest BCUT2D eigenvalue weighted by atomic mass is 10.1. The first-order valence-electron chi connectivity index (χ1n) is 5.72.